The molecule has 2 aliphatic rings. The van der Waals surface area contributed by atoms with E-state index >= 15 is 0 Å². The summed E-state index contributed by atoms with van der Waals surface area (Å²) < 4.78 is 10.4. The fourth-order valence-electron chi connectivity index (χ4n) is 2.22. The van der Waals surface area contributed by atoms with Crippen LogP contribution in [0.15, 0.2) is 0 Å². The Morgan fingerprint density at radius 3 is 2.82 bits per heavy atom. The van der Waals surface area contributed by atoms with E-state index in [2.05, 4.69) is 5.32 Å². The summed E-state index contributed by atoms with van der Waals surface area (Å²) in [5.41, 5.74) is 0. The van der Waals surface area contributed by atoms with Gasteiger partial charge in [-0.25, -0.2) is 0 Å². The van der Waals surface area contributed by atoms with Gasteiger partial charge < -0.3 is 19.9 Å². The molecule has 0 bridgehead atoms. The number of ether oxygens (including phenoxy) is 2. The Morgan fingerprint density at radius 2 is 2.18 bits per heavy atom. The molecule has 2 rings (SSSR count). The first-order valence-corrected chi connectivity index (χ1v) is 5.88. The van der Waals surface area contributed by atoms with E-state index in [4.69, 9.17) is 14.6 Å². The van der Waals surface area contributed by atoms with Crippen LogP contribution in [-0.2, 0) is 19.1 Å². The summed E-state index contributed by atoms with van der Waals surface area (Å²) in [5.74, 6) is -1.72. The van der Waals surface area contributed by atoms with E-state index in [-0.39, 0.29) is 25.2 Å². The van der Waals surface area contributed by atoms with Gasteiger partial charge in [0.2, 0.25) is 5.91 Å². The molecule has 0 aromatic carbocycles. The Morgan fingerprint density at radius 1 is 1.35 bits per heavy atom. The van der Waals surface area contributed by atoms with Crippen molar-refractivity contribution >= 4 is 11.9 Å². The molecule has 6 nitrogen and oxygen atoms in total. The van der Waals surface area contributed by atoms with Crippen LogP contribution in [0.1, 0.15) is 19.3 Å². The molecule has 17 heavy (non-hydrogen) atoms. The maximum atomic E-state index is 11.7. The second-order valence-electron chi connectivity index (χ2n) is 4.50. The lowest BCUT2D eigenvalue weighted by Gasteiger charge is -2.17. The van der Waals surface area contributed by atoms with Crippen LogP contribution in [0.4, 0.5) is 0 Å². The van der Waals surface area contributed by atoms with Gasteiger partial charge in [-0.05, 0) is 12.8 Å². The monoisotopic (exact) mass is 243 g/mol. The predicted molar refractivity (Wildman–Crippen MR) is 57.5 cm³/mol. The van der Waals surface area contributed by atoms with E-state index in [1.165, 1.54) is 0 Å². The summed E-state index contributed by atoms with van der Waals surface area (Å²) in [6.45, 7) is 1.15. The summed E-state index contributed by atoms with van der Waals surface area (Å²) in [7, 11) is 0. The minimum atomic E-state index is -0.926. The van der Waals surface area contributed by atoms with Crippen molar-refractivity contribution in [3.63, 3.8) is 0 Å². The number of hydrogen-bond acceptors (Lipinski definition) is 4. The van der Waals surface area contributed by atoms with Crippen LogP contribution in [0.3, 0.4) is 0 Å². The van der Waals surface area contributed by atoms with Crippen LogP contribution in [0.2, 0.25) is 0 Å². The first kappa shape index (κ1) is 12.3. The average molecular weight is 243 g/mol. The van der Waals surface area contributed by atoms with E-state index in [9.17, 15) is 9.59 Å². The molecule has 2 heterocycles. The Labute approximate surface area is 99.3 Å². The van der Waals surface area contributed by atoms with E-state index in [1.54, 1.807) is 0 Å². The van der Waals surface area contributed by atoms with Gasteiger partial charge in [-0.3, -0.25) is 9.59 Å². The molecule has 0 aromatic rings. The molecule has 96 valence electrons. The molecular weight excluding hydrogens is 226 g/mol. The van der Waals surface area contributed by atoms with Crippen molar-refractivity contribution in [2.24, 2.45) is 5.92 Å². The van der Waals surface area contributed by atoms with Crippen molar-refractivity contribution in [2.45, 2.75) is 31.4 Å². The third-order valence-corrected chi connectivity index (χ3v) is 3.18. The number of carbonyl (C=O) groups is 2. The molecule has 3 atom stereocenters. The number of amides is 1. The number of hydrogen-bond donors (Lipinski definition) is 2. The second kappa shape index (κ2) is 5.46. The average Bonchev–Trinajstić information content (AvgIpc) is 2.88. The lowest BCUT2D eigenvalue weighted by atomic mass is 10.0. The van der Waals surface area contributed by atoms with Gasteiger partial charge >= 0.3 is 5.97 Å². The van der Waals surface area contributed by atoms with Crippen molar-refractivity contribution in [2.75, 3.05) is 19.8 Å². The van der Waals surface area contributed by atoms with Gasteiger partial charge in [0.25, 0.3) is 0 Å². The van der Waals surface area contributed by atoms with Crippen molar-refractivity contribution in [1.29, 1.82) is 0 Å². The van der Waals surface area contributed by atoms with Crippen LogP contribution in [0.5, 0.6) is 0 Å². The number of carboxylic acid groups (broad SMARTS) is 1. The largest absolute Gasteiger partial charge is 0.481 e. The molecule has 2 aliphatic heterocycles. The molecule has 0 saturated carbocycles. The highest BCUT2D eigenvalue weighted by Gasteiger charge is 2.35. The molecule has 0 aromatic heterocycles. The van der Waals surface area contributed by atoms with Crippen molar-refractivity contribution < 1.29 is 24.2 Å². The minimum absolute atomic E-state index is 0.0133. The number of nitrogens with one attached hydrogen (secondary N) is 1. The first-order chi connectivity index (χ1) is 8.16. The SMILES string of the molecule is O=C(CC1CCCO1)NC1COCC1C(=O)O. The van der Waals surface area contributed by atoms with E-state index < -0.39 is 17.9 Å². The number of aliphatic carboxylic acids is 1. The maximum Gasteiger partial charge on any atom is 0.311 e. The van der Waals surface area contributed by atoms with Crippen molar-refractivity contribution in [3.05, 3.63) is 0 Å². The number of rotatable bonds is 4. The second-order valence-corrected chi connectivity index (χ2v) is 4.50. The summed E-state index contributed by atoms with van der Waals surface area (Å²) in [6, 6.07) is -0.415. The highest BCUT2D eigenvalue weighted by molar-refractivity contribution is 5.78. The van der Waals surface area contributed by atoms with E-state index in [0.717, 1.165) is 12.8 Å². The molecule has 2 saturated heterocycles. The van der Waals surface area contributed by atoms with Gasteiger partial charge in [0, 0.05) is 6.61 Å². The van der Waals surface area contributed by atoms with Crippen LogP contribution >= 0.6 is 0 Å². The van der Waals surface area contributed by atoms with E-state index in [1.807, 2.05) is 0 Å². The number of carboxylic acids is 1. The molecule has 2 N–H and O–H groups in total. The van der Waals surface area contributed by atoms with Crippen molar-refractivity contribution in [3.8, 4) is 0 Å². The highest BCUT2D eigenvalue weighted by Crippen LogP contribution is 2.17. The number of carbonyl (C=O) groups excluding carboxylic acids is 1. The Kier molecular flexibility index (Phi) is 3.96. The van der Waals surface area contributed by atoms with Crippen LogP contribution < -0.4 is 5.32 Å². The van der Waals surface area contributed by atoms with Crippen LogP contribution in [0.25, 0.3) is 0 Å². The van der Waals surface area contributed by atoms with Gasteiger partial charge in [-0.1, -0.05) is 0 Å². The normalized spacial score (nSPS) is 32.6. The summed E-state index contributed by atoms with van der Waals surface area (Å²) >= 11 is 0. The predicted octanol–water partition coefficient (Wildman–Crippen LogP) is -0.229. The highest BCUT2D eigenvalue weighted by atomic mass is 16.5. The van der Waals surface area contributed by atoms with Crippen LogP contribution in [-0.4, -0.2) is 48.9 Å². The third kappa shape index (κ3) is 3.17. The van der Waals surface area contributed by atoms with Gasteiger partial charge in [-0.15, -0.1) is 0 Å². The summed E-state index contributed by atoms with van der Waals surface area (Å²) in [5, 5.41) is 11.6. The first-order valence-electron chi connectivity index (χ1n) is 5.88. The maximum absolute atomic E-state index is 11.7. The molecule has 1 amide bonds. The van der Waals surface area contributed by atoms with Gasteiger partial charge in [0.15, 0.2) is 0 Å². The molecular formula is C11H17NO5. The smallest absolute Gasteiger partial charge is 0.311 e. The summed E-state index contributed by atoms with van der Waals surface area (Å²) in [6.07, 6.45) is 2.18. The molecule has 2 fully saturated rings. The standard InChI is InChI=1S/C11H17NO5/c13-10(4-7-2-1-3-17-7)12-9-6-16-5-8(9)11(14)15/h7-9H,1-6H2,(H,12,13)(H,14,15). The quantitative estimate of drug-likeness (QED) is 0.712. The zero-order valence-electron chi connectivity index (χ0n) is 9.55. The zero-order chi connectivity index (χ0) is 12.3. The molecule has 0 radical (unpaired) electrons. The topological polar surface area (TPSA) is 84.9 Å². The van der Waals surface area contributed by atoms with Gasteiger partial charge in [-0.2, -0.15) is 0 Å². The Balaban J connectivity index is 1.79. The fraction of sp³-hybridized carbons (Fsp3) is 0.818. The van der Waals surface area contributed by atoms with Crippen LogP contribution in [0, 0.1) is 5.92 Å². The molecule has 3 unspecified atom stereocenters. The van der Waals surface area contributed by atoms with Gasteiger partial charge in [0.05, 0.1) is 31.8 Å². The zero-order valence-corrected chi connectivity index (χ0v) is 9.55. The molecule has 0 aliphatic carbocycles. The third-order valence-electron chi connectivity index (χ3n) is 3.18. The lowest BCUT2D eigenvalue weighted by Crippen LogP contribution is -2.43. The Hall–Kier alpha value is -1.14. The fourth-order valence-corrected chi connectivity index (χ4v) is 2.22. The van der Waals surface area contributed by atoms with Crippen molar-refractivity contribution in [1.82, 2.24) is 5.32 Å². The Bertz CT molecular complexity index is 300. The minimum Gasteiger partial charge on any atom is -0.481 e. The van der Waals surface area contributed by atoms with Gasteiger partial charge in [0.1, 0.15) is 5.92 Å². The lowest BCUT2D eigenvalue weighted by molar-refractivity contribution is -0.142. The molecule has 0 spiro atoms. The van der Waals surface area contributed by atoms with E-state index in [0.29, 0.717) is 13.0 Å². The summed E-state index contributed by atoms with van der Waals surface area (Å²) in [4.78, 5) is 22.6. The molecule has 6 heteroatoms.